The van der Waals surface area contributed by atoms with Crippen molar-refractivity contribution in [1.29, 1.82) is 0 Å². The van der Waals surface area contributed by atoms with Crippen LogP contribution in [0.3, 0.4) is 0 Å². The number of aliphatic hydroxyl groups excluding tert-OH is 1. The molecule has 2 rings (SSSR count). The van der Waals surface area contributed by atoms with Crippen molar-refractivity contribution in [3.05, 3.63) is 28.8 Å². The maximum absolute atomic E-state index is 10.2. The summed E-state index contributed by atoms with van der Waals surface area (Å²) in [4.78, 5) is 0. The molecule has 82 valence electrons. The predicted molar refractivity (Wildman–Crippen MR) is 60.2 cm³/mol. The van der Waals surface area contributed by atoms with Gasteiger partial charge >= 0.3 is 0 Å². The van der Waals surface area contributed by atoms with E-state index < -0.39 is 0 Å². The van der Waals surface area contributed by atoms with Crippen LogP contribution < -0.4 is 4.74 Å². The number of benzene rings is 1. The SMILES string of the molecule is COc1cc(C)cc(C)c1C(O)C1CC1. The van der Waals surface area contributed by atoms with E-state index in [0.717, 1.165) is 29.7 Å². The van der Waals surface area contributed by atoms with E-state index in [1.165, 1.54) is 5.56 Å². The van der Waals surface area contributed by atoms with E-state index in [4.69, 9.17) is 4.74 Å². The summed E-state index contributed by atoms with van der Waals surface area (Å²) in [6.45, 7) is 4.08. The average molecular weight is 206 g/mol. The molecule has 2 nitrogen and oxygen atoms in total. The molecular formula is C13H18O2. The second-order valence-corrected chi connectivity index (χ2v) is 4.48. The maximum Gasteiger partial charge on any atom is 0.125 e. The Bertz CT molecular complexity index is 367. The normalized spacial score (nSPS) is 17.6. The molecule has 1 aliphatic rings. The van der Waals surface area contributed by atoms with E-state index in [1.807, 2.05) is 19.9 Å². The second-order valence-electron chi connectivity index (χ2n) is 4.48. The van der Waals surface area contributed by atoms with Gasteiger partial charge in [-0.3, -0.25) is 0 Å². The Morgan fingerprint density at radius 1 is 1.33 bits per heavy atom. The quantitative estimate of drug-likeness (QED) is 0.824. The molecule has 1 unspecified atom stereocenters. The molecule has 0 heterocycles. The Morgan fingerprint density at radius 3 is 2.53 bits per heavy atom. The Labute approximate surface area is 90.9 Å². The fraction of sp³-hybridized carbons (Fsp3) is 0.538. The first-order chi connectivity index (χ1) is 7.13. The number of aliphatic hydroxyl groups is 1. The first kappa shape index (κ1) is 10.5. The van der Waals surface area contributed by atoms with Gasteiger partial charge in [0, 0.05) is 5.56 Å². The van der Waals surface area contributed by atoms with Gasteiger partial charge < -0.3 is 9.84 Å². The highest BCUT2D eigenvalue weighted by Crippen LogP contribution is 2.44. The van der Waals surface area contributed by atoms with Crippen molar-refractivity contribution >= 4 is 0 Å². The van der Waals surface area contributed by atoms with Crippen LogP contribution in [0.25, 0.3) is 0 Å². The van der Waals surface area contributed by atoms with Crippen LogP contribution in [0.1, 0.15) is 35.6 Å². The van der Waals surface area contributed by atoms with Gasteiger partial charge in [0.05, 0.1) is 13.2 Å². The molecule has 0 radical (unpaired) electrons. The fourth-order valence-electron chi connectivity index (χ4n) is 2.14. The fourth-order valence-corrected chi connectivity index (χ4v) is 2.14. The van der Waals surface area contributed by atoms with Crippen molar-refractivity contribution in [3.8, 4) is 5.75 Å². The Kier molecular flexibility index (Phi) is 2.70. The molecule has 1 aromatic carbocycles. The summed E-state index contributed by atoms with van der Waals surface area (Å²) >= 11 is 0. The molecule has 0 amide bonds. The van der Waals surface area contributed by atoms with Gasteiger partial charge in [-0.25, -0.2) is 0 Å². The zero-order valence-electron chi connectivity index (χ0n) is 9.58. The molecule has 1 fully saturated rings. The average Bonchev–Trinajstić information content (AvgIpc) is 2.98. The summed E-state index contributed by atoms with van der Waals surface area (Å²) in [5, 5.41) is 10.2. The zero-order valence-corrected chi connectivity index (χ0v) is 9.58. The number of ether oxygens (including phenoxy) is 1. The Hall–Kier alpha value is -1.02. The standard InChI is InChI=1S/C13H18O2/c1-8-6-9(2)12(11(7-8)15-3)13(14)10-4-5-10/h6-7,10,13-14H,4-5H2,1-3H3. The molecule has 1 N–H and O–H groups in total. The van der Waals surface area contributed by atoms with Crippen LogP contribution in [0.15, 0.2) is 12.1 Å². The van der Waals surface area contributed by atoms with Gasteiger partial charge in [-0.05, 0) is 49.8 Å². The van der Waals surface area contributed by atoms with E-state index in [9.17, 15) is 5.11 Å². The number of hydrogen-bond acceptors (Lipinski definition) is 2. The molecule has 0 aromatic heterocycles. The lowest BCUT2D eigenvalue weighted by Gasteiger charge is -2.17. The molecule has 2 heteroatoms. The van der Waals surface area contributed by atoms with Crippen LogP contribution in [0.2, 0.25) is 0 Å². The van der Waals surface area contributed by atoms with E-state index in [1.54, 1.807) is 7.11 Å². The molecule has 1 saturated carbocycles. The van der Waals surface area contributed by atoms with Crippen LogP contribution in [0.4, 0.5) is 0 Å². The number of aryl methyl sites for hydroxylation is 2. The summed E-state index contributed by atoms with van der Waals surface area (Å²) in [6, 6.07) is 4.09. The van der Waals surface area contributed by atoms with Crippen molar-refractivity contribution in [2.24, 2.45) is 5.92 Å². The molecule has 1 aliphatic carbocycles. The molecule has 0 aliphatic heterocycles. The summed E-state index contributed by atoms with van der Waals surface area (Å²) in [5.74, 6) is 1.27. The molecule has 1 atom stereocenters. The smallest absolute Gasteiger partial charge is 0.125 e. The monoisotopic (exact) mass is 206 g/mol. The third-order valence-corrected chi connectivity index (χ3v) is 3.08. The minimum Gasteiger partial charge on any atom is -0.496 e. The van der Waals surface area contributed by atoms with Crippen LogP contribution in [0.5, 0.6) is 5.75 Å². The Balaban J connectivity index is 2.42. The van der Waals surface area contributed by atoms with Crippen LogP contribution >= 0.6 is 0 Å². The predicted octanol–water partition coefficient (Wildman–Crippen LogP) is 2.76. The lowest BCUT2D eigenvalue weighted by Crippen LogP contribution is -2.05. The summed E-state index contributed by atoms with van der Waals surface area (Å²) in [5.41, 5.74) is 3.29. The zero-order chi connectivity index (χ0) is 11.0. The number of methoxy groups -OCH3 is 1. The van der Waals surface area contributed by atoms with Gasteiger partial charge in [-0.1, -0.05) is 6.07 Å². The first-order valence-corrected chi connectivity index (χ1v) is 5.46. The van der Waals surface area contributed by atoms with Crippen LogP contribution in [-0.4, -0.2) is 12.2 Å². The van der Waals surface area contributed by atoms with Gasteiger partial charge in [-0.15, -0.1) is 0 Å². The van der Waals surface area contributed by atoms with Crippen molar-refractivity contribution < 1.29 is 9.84 Å². The molecule has 0 spiro atoms. The lowest BCUT2D eigenvalue weighted by atomic mass is 9.97. The largest absolute Gasteiger partial charge is 0.496 e. The number of rotatable bonds is 3. The van der Waals surface area contributed by atoms with E-state index in [-0.39, 0.29) is 6.10 Å². The minimum atomic E-state index is -0.347. The highest BCUT2D eigenvalue weighted by atomic mass is 16.5. The van der Waals surface area contributed by atoms with Gasteiger partial charge in [0.25, 0.3) is 0 Å². The van der Waals surface area contributed by atoms with Crippen molar-refractivity contribution in [1.82, 2.24) is 0 Å². The molecular weight excluding hydrogens is 188 g/mol. The number of hydrogen-bond donors (Lipinski definition) is 1. The third kappa shape index (κ3) is 2.00. The van der Waals surface area contributed by atoms with Crippen LogP contribution in [-0.2, 0) is 0 Å². The topological polar surface area (TPSA) is 29.5 Å². The summed E-state index contributed by atoms with van der Waals surface area (Å²) in [7, 11) is 1.66. The minimum absolute atomic E-state index is 0.347. The van der Waals surface area contributed by atoms with Crippen molar-refractivity contribution in [2.45, 2.75) is 32.8 Å². The molecule has 15 heavy (non-hydrogen) atoms. The second kappa shape index (κ2) is 3.86. The van der Waals surface area contributed by atoms with Crippen LogP contribution in [0, 0.1) is 19.8 Å². The van der Waals surface area contributed by atoms with E-state index in [0.29, 0.717) is 5.92 Å². The van der Waals surface area contributed by atoms with E-state index in [2.05, 4.69) is 6.07 Å². The molecule has 1 aromatic rings. The first-order valence-electron chi connectivity index (χ1n) is 5.46. The van der Waals surface area contributed by atoms with Gasteiger partial charge in [0.15, 0.2) is 0 Å². The highest BCUT2D eigenvalue weighted by molar-refractivity contribution is 5.45. The summed E-state index contributed by atoms with van der Waals surface area (Å²) < 4.78 is 5.35. The Morgan fingerprint density at radius 2 is 2.00 bits per heavy atom. The van der Waals surface area contributed by atoms with Gasteiger partial charge in [0.1, 0.15) is 5.75 Å². The van der Waals surface area contributed by atoms with Gasteiger partial charge in [-0.2, -0.15) is 0 Å². The van der Waals surface area contributed by atoms with E-state index >= 15 is 0 Å². The highest BCUT2D eigenvalue weighted by Gasteiger charge is 2.33. The third-order valence-electron chi connectivity index (χ3n) is 3.08. The summed E-state index contributed by atoms with van der Waals surface area (Å²) in [6.07, 6.45) is 1.93. The van der Waals surface area contributed by atoms with Gasteiger partial charge in [0.2, 0.25) is 0 Å². The van der Waals surface area contributed by atoms with Crippen molar-refractivity contribution in [3.63, 3.8) is 0 Å². The lowest BCUT2D eigenvalue weighted by molar-refractivity contribution is 0.149. The van der Waals surface area contributed by atoms with Crippen molar-refractivity contribution in [2.75, 3.05) is 7.11 Å². The molecule has 0 saturated heterocycles. The molecule has 0 bridgehead atoms. The maximum atomic E-state index is 10.2.